The number of rotatable bonds is 6. The predicted molar refractivity (Wildman–Crippen MR) is 67.3 cm³/mol. The van der Waals surface area contributed by atoms with E-state index >= 15 is 0 Å². The van der Waals surface area contributed by atoms with Crippen LogP contribution in [-0.2, 0) is 9.53 Å². The molecule has 0 amide bonds. The maximum Gasteiger partial charge on any atom is 0.312 e. The number of benzene rings is 1. The molecule has 3 nitrogen and oxygen atoms in total. The lowest BCUT2D eigenvalue weighted by Gasteiger charge is -2.09. The lowest BCUT2D eigenvalue weighted by atomic mass is 10.0. The maximum atomic E-state index is 11.6. The highest BCUT2D eigenvalue weighted by Gasteiger charge is 2.15. The van der Waals surface area contributed by atoms with Crippen LogP contribution < -0.4 is 0 Å². The molecule has 0 saturated carbocycles. The van der Waals surface area contributed by atoms with Crippen molar-refractivity contribution in [3.8, 4) is 0 Å². The maximum absolute atomic E-state index is 11.6. The van der Waals surface area contributed by atoms with Gasteiger partial charge in [0.15, 0.2) is 0 Å². The summed E-state index contributed by atoms with van der Waals surface area (Å²) in [5.41, 5.74) is 1.03. The molecule has 1 N–H and O–H groups in total. The summed E-state index contributed by atoms with van der Waals surface area (Å²) in [7, 11) is 0. The van der Waals surface area contributed by atoms with Crippen molar-refractivity contribution < 1.29 is 14.6 Å². The SMILES string of the molecule is CCOC(=O)C(/C=C\c1ccccc1)CCO. The smallest absolute Gasteiger partial charge is 0.312 e. The second kappa shape index (κ2) is 7.63. The van der Waals surface area contributed by atoms with E-state index < -0.39 is 0 Å². The summed E-state index contributed by atoms with van der Waals surface area (Å²) >= 11 is 0. The van der Waals surface area contributed by atoms with Crippen molar-refractivity contribution >= 4 is 12.0 Å². The standard InChI is InChI=1S/C14H18O3/c1-2-17-14(16)13(10-11-15)9-8-12-6-4-3-5-7-12/h3-9,13,15H,2,10-11H2,1H3/b9-8-. The zero-order valence-corrected chi connectivity index (χ0v) is 10.0. The van der Waals surface area contributed by atoms with Gasteiger partial charge >= 0.3 is 5.97 Å². The molecule has 0 aromatic heterocycles. The van der Waals surface area contributed by atoms with Crippen LogP contribution in [0, 0.1) is 5.92 Å². The molecule has 0 aliphatic heterocycles. The van der Waals surface area contributed by atoms with Crippen LogP contribution in [0.5, 0.6) is 0 Å². The fraction of sp³-hybridized carbons (Fsp3) is 0.357. The Kier molecular flexibility index (Phi) is 6.04. The third kappa shape index (κ3) is 4.83. The van der Waals surface area contributed by atoms with Gasteiger partial charge in [-0.1, -0.05) is 42.5 Å². The van der Waals surface area contributed by atoms with E-state index in [1.807, 2.05) is 36.4 Å². The molecule has 1 unspecified atom stereocenters. The van der Waals surface area contributed by atoms with Crippen LogP contribution in [0.3, 0.4) is 0 Å². The molecule has 0 heterocycles. The first-order chi connectivity index (χ1) is 8.27. The van der Waals surface area contributed by atoms with Crippen LogP contribution in [0.15, 0.2) is 36.4 Å². The average molecular weight is 234 g/mol. The lowest BCUT2D eigenvalue weighted by molar-refractivity contribution is -0.146. The van der Waals surface area contributed by atoms with Gasteiger partial charge in [-0.05, 0) is 18.9 Å². The molecular weight excluding hydrogens is 216 g/mol. The summed E-state index contributed by atoms with van der Waals surface area (Å²) < 4.78 is 4.94. The van der Waals surface area contributed by atoms with Crippen molar-refractivity contribution in [3.63, 3.8) is 0 Å². The number of aliphatic hydroxyl groups is 1. The van der Waals surface area contributed by atoms with E-state index in [2.05, 4.69) is 0 Å². The molecule has 0 bridgehead atoms. The fourth-order valence-corrected chi connectivity index (χ4v) is 1.47. The van der Waals surface area contributed by atoms with Gasteiger partial charge < -0.3 is 9.84 Å². The summed E-state index contributed by atoms with van der Waals surface area (Å²) in [5, 5.41) is 8.91. The number of carbonyl (C=O) groups excluding carboxylic acids is 1. The van der Waals surface area contributed by atoms with Crippen molar-refractivity contribution in [2.45, 2.75) is 13.3 Å². The van der Waals surface area contributed by atoms with Gasteiger partial charge in [0.05, 0.1) is 12.5 Å². The third-order valence-corrected chi connectivity index (χ3v) is 2.35. The highest BCUT2D eigenvalue weighted by atomic mass is 16.5. The Labute approximate surface area is 102 Å². The largest absolute Gasteiger partial charge is 0.466 e. The molecule has 1 rings (SSSR count). The van der Waals surface area contributed by atoms with E-state index in [1.54, 1.807) is 13.0 Å². The van der Waals surface area contributed by atoms with Gasteiger partial charge in [-0.3, -0.25) is 4.79 Å². The topological polar surface area (TPSA) is 46.5 Å². The van der Waals surface area contributed by atoms with E-state index in [4.69, 9.17) is 9.84 Å². The van der Waals surface area contributed by atoms with Crippen molar-refractivity contribution in [2.24, 2.45) is 5.92 Å². The first-order valence-electron chi connectivity index (χ1n) is 5.78. The van der Waals surface area contributed by atoms with Gasteiger partial charge in [-0.25, -0.2) is 0 Å². The molecule has 3 heteroatoms. The minimum Gasteiger partial charge on any atom is -0.466 e. The van der Waals surface area contributed by atoms with Crippen LogP contribution in [0.25, 0.3) is 6.08 Å². The number of hydrogen-bond donors (Lipinski definition) is 1. The number of aliphatic hydroxyl groups excluding tert-OH is 1. The molecule has 0 radical (unpaired) electrons. The fourth-order valence-electron chi connectivity index (χ4n) is 1.47. The number of hydrogen-bond acceptors (Lipinski definition) is 3. The number of carbonyl (C=O) groups is 1. The number of ether oxygens (including phenoxy) is 1. The average Bonchev–Trinajstić information content (AvgIpc) is 2.36. The van der Waals surface area contributed by atoms with Crippen LogP contribution in [0.1, 0.15) is 18.9 Å². The molecule has 0 aliphatic carbocycles. The van der Waals surface area contributed by atoms with E-state index in [9.17, 15) is 4.79 Å². The Hall–Kier alpha value is -1.61. The second-order valence-electron chi connectivity index (χ2n) is 3.64. The molecule has 1 atom stereocenters. The van der Waals surface area contributed by atoms with Gasteiger partial charge in [0.1, 0.15) is 0 Å². The molecular formula is C14H18O3. The Morgan fingerprint density at radius 2 is 2.12 bits per heavy atom. The van der Waals surface area contributed by atoms with Crippen molar-refractivity contribution in [2.75, 3.05) is 13.2 Å². The molecule has 1 aromatic rings. The minimum atomic E-state index is -0.375. The highest BCUT2D eigenvalue weighted by Crippen LogP contribution is 2.11. The van der Waals surface area contributed by atoms with E-state index in [-0.39, 0.29) is 18.5 Å². The molecule has 0 spiro atoms. The Morgan fingerprint density at radius 1 is 1.41 bits per heavy atom. The monoisotopic (exact) mass is 234 g/mol. The molecule has 0 fully saturated rings. The molecule has 0 aliphatic rings. The normalized spacial score (nSPS) is 12.6. The van der Waals surface area contributed by atoms with Gasteiger partial charge in [0, 0.05) is 6.61 Å². The summed E-state index contributed by atoms with van der Waals surface area (Å²) in [4.78, 5) is 11.6. The highest BCUT2D eigenvalue weighted by molar-refractivity contribution is 5.75. The molecule has 1 aromatic carbocycles. The zero-order chi connectivity index (χ0) is 12.5. The first kappa shape index (κ1) is 13.5. The molecule has 92 valence electrons. The summed E-state index contributed by atoms with van der Waals surface area (Å²) in [6.07, 6.45) is 4.04. The lowest BCUT2D eigenvalue weighted by Crippen LogP contribution is -2.16. The molecule has 0 saturated heterocycles. The van der Waals surface area contributed by atoms with E-state index in [0.29, 0.717) is 13.0 Å². The minimum absolute atomic E-state index is 0.0252. The van der Waals surface area contributed by atoms with E-state index in [0.717, 1.165) is 5.56 Å². The van der Waals surface area contributed by atoms with Gasteiger partial charge in [0.25, 0.3) is 0 Å². The van der Waals surface area contributed by atoms with Crippen LogP contribution >= 0.6 is 0 Å². The summed E-state index contributed by atoms with van der Waals surface area (Å²) in [6.45, 7) is 2.11. The van der Waals surface area contributed by atoms with Crippen molar-refractivity contribution in [1.82, 2.24) is 0 Å². The van der Waals surface area contributed by atoms with Crippen molar-refractivity contribution in [3.05, 3.63) is 42.0 Å². The van der Waals surface area contributed by atoms with E-state index in [1.165, 1.54) is 0 Å². The summed E-state index contributed by atoms with van der Waals surface area (Å²) in [6, 6.07) is 9.72. The molecule has 17 heavy (non-hydrogen) atoms. The zero-order valence-electron chi connectivity index (χ0n) is 10.0. The van der Waals surface area contributed by atoms with Crippen LogP contribution in [-0.4, -0.2) is 24.3 Å². The number of esters is 1. The van der Waals surface area contributed by atoms with Gasteiger partial charge in [-0.15, -0.1) is 0 Å². The second-order valence-corrected chi connectivity index (χ2v) is 3.64. The van der Waals surface area contributed by atoms with Crippen molar-refractivity contribution in [1.29, 1.82) is 0 Å². The van der Waals surface area contributed by atoms with Gasteiger partial charge in [-0.2, -0.15) is 0 Å². The third-order valence-electron chi connectivity index (χ3n) is 2.35. The quantitative estimate of drug-likeness (QED) is 0.768. The summed E-state index contributed by atoms with van der Waals surface area (Å²) in [5.74, 6) is -0.658. The first-order valence-corrected chi connectivity index (χ1v) is 5.78. The van der Waals surface area contributed by atoms with Gasteiger partial charge in [0.2, 0.25) is 0 Å². The Morgan fingerprint density at radius 3 is 2.71 bits per heavy atom. The predicted octanol–water partition coefficient (Wildman–Crippen LogP) is 2.26. The Bertz CT molecular complexity index is 357. The Balaban J connectivity index is 2.66. The van der Waals surface area contributed by atoms with Crippen LogP contribution in [0.4, 0.5) is 0 Å². The van der Waals surface area contributed by atoms with Crippen LogP contribution in [0.2, 0.25) is 0 Å².